The molecule has 1 atom stereocenters. The van der Waals surface area contributed by atoms with E-state index in [1.807, 2.05) is 20.8 Å². The highest BCUT2D eigenvalue weighted by Crippen LogP contribution is 2.37. The number of esters is 2. The van der Waals surface area contributed by atoms with Crippen molar-refractivity contribution in [1.29, 1.82) is 0 Å². The Hall–Kier alpha value is -1.36. The molecule has 0 heterocycles. The van der Waals surface area contributed by atoms with Crippen molar-refractivity contribution < 1.29 is 23.8 Å². The van der Waals surface area contributed by atoms with Gasteiger partial charge in [0, 0.05) is 0 Å². The third-order valence-electron chi connectivity index (χ3n) is 3.65. The van der Waals surface area contributed by atoms with Crippen molar-refractivity contribution in [2.45, 2.75) is 66.1 Å². The molecule has 5 heteroatoms. The van der Waals surface area contributed by atoms with Gasteiger partial charge in [-0.25, -0.2) is 9.59 Å². The lowest BCUT2D eigenvalue weighted by Gasteiger charge is -2.29. The fourth-order valence-electron chi connectivity index (χ4n) is 2.51. The van der Waals surface area contributed by atoms with Crippen LogP contribution in [0.1, 0.15) is 54.4 Å². The largest absolute Gasteiger partial charge is 0.458 e. The molecule has 0 aromatic rings. The van der Waals surface area contributed by atoms with Crippen molar-refractivity contribution in [3.63, 3.8) is 0 Å². The molecule has 1 unspecified atom stereocenters. The van der Waals surface area contributed by atoms with Crippen LogP contribution in [-0.4, -0.2) is 36.9 Å². The van der Waals surface area contributed by atoms with Gasteiger partial charge in [-0.05, 0) is 51.5 Å². The topological polar surface area (TPSA) is 61.8 Å². The summed E-state index contributed by atoms with van der Waals surface area (Å²) in [4.78, 5) is 22.7. The summed E-state index contributed by atoms with van der Waals surface area (Å²) in [5.74, 6) is -1.95. The second-order valence-corrected chi connectivity index (χ2v) is 7.02. The third-order valence-corrected chi connectivity index (χ3v) is 3.65. The van der Waals surface area contributed by atoms with E-state index in [-0.39, 0.29) is 24.7 Å². The fourth-order valence-corrected chi connectivity index (χ4v) is 2.51. The summed E-state index contributed by atoms with van der Waals surface area (Å²) < 4.78 is 15.6. The maximum Gasteiger partial charge on any atom is 0.417 e. The van der Waals surface area contributed by atoms with Crippen LogP contribution in [0.15, 0.2) is 11.6 Å². The summed E-state index contributed by atoms with van der Waals surface area (Å²) >= 11 is 0. The first kappa shape index (κ1) is 18.7. The summed E-state index contributed by atoms with van der Waals surface area (Å²) in [5, 5.41) is 0. The number of ether oxygens (including phenoxy) is 3. The van der Waals surface area contributed by atoms with Gasteiger partial charge >= 0.3 is 11.9 Å². The van der Waals surface area contributed by atoms with Gasteiger partial charge < -0.3 is 14.2 Å². The van der Waals surface area contributed by atoms with E-state index in [0.717, 1.165) is 12.8 Å². The molecule has 5 nitrogen and oxygen atoms in total. The SMILES string of the molecule is CCOC(=O)C(=O)OCC(C)(C)OC(C)C1=CC(C)(C)CC1. The third kappa shape index (κ3) is 5.79. The van der Waals surface area contributed by atoms with E-state index >= 15 is 0 Å². The summed E-state index contributed by atoms with van der Waals surface area (Å²) in [5.41, 5.74) is 0.817. The van der Waals surface area contributed by atoms with Gasteiger partial charge in [-0.2, -0.15) is 0 Å². The molecule has 0 aromatic heterocycles. The van der Waals surface area contributed by atoms with Crippen LogP contribution in [0.4, 0.5) is 0 Å². The van der Waals surface area contributed by atoms with E-state index in [0.29, 0.717) is 0 Å². The molecule has 0 amide bonds. The summed E-state index contributed by atoms with van der Waals surface area (Å²) in [6.07, 6.45) is 4.36. The number of carbonyl (C=O) groups is 2. The Balaban J connectivity index is 2.50. The minimum Gasteiger partial charge on any atom is -0.458 e. The Morgan fingerprint density at radius 3 is 2.36 bits per heavy atom. The Morgan fingerprint density at radius 2 is 1.86 bits per heavy atom. The minimum absolute atomic E-state index is 0.00562. The van der Waals surface area contributed by atoms with Gasteiger partial charge in [0.2, 0.25) is 0 Å². The Labute approximate surface area is 133 Å². The van der Waals surface area contributed by atoms with Gasteiger partial charge in [-0.1, -0.05) is 19.9 Å². The molecule has 1 aliphatic rings. The predicted octanol–water partition coefficient (Wildman–Crippen LogP) is 3.02. The van der Waals surface area contributed by atoms with Crippen LogP contribution in [0.5, 0.6) is 0 Å². The van der Waals surface area contributed by atoms with Crippen molar-refractivity contribution in [1.82, 2.24) is 0 Å². The number of carbonyl (C=O) groups excluding carboxylic acids is 2. The predicted molar refractivity (Wildman–Crippen MR) is 83.3 cm³/mol. The standard InChI is InChI=1S/C17H28O5/c1-7-20-14(18)15(19)21-11-17(5,6)22-12(2)13-8-9-16(3,4)10-13/h10,12H,7-9,11H2,1-6H3. The van der Waals surface area contributed by atoms with Gasteiger partial charge in [0.1, 0.15) is 6.61 Å². The monoisotopic (exact) mass is 312 g/mol. The molecule has 0 aliphatic heterocycles. The molecular formula is C17H28O5. The first-order valence-corrected chi connectivity index (χ1v) is 7.79. The van der Waals surface area contributed by atoms with Gasteiger partial charge in [-0.15, -0.1) is 0 Å². The molecule has 22 heavy (non-hydrogen) atoms. The molecule has 0 fully saturated rings. The van der Waals surface area contributed by atoms with Gasteiger partial charge in [-0.3, -0.25) is 0 Å². The highest BCUT2D eigenvalue weighted by atomic mass is 16.6. The lowest BCUT2D eigenvalue weighted by Crippen LogP contribution is -2.37. The quantitative estimate of drug-likeness (QED) is 0.428. The number of allylic oxidation sites excluding steroid dienone is 1. The normalized spacial score (nSPS) is 18.5. The molecule has 0 N–H and O–H groups in total. The lowest BCUT2D eigenvalue weighted by molar-refractivity contribution is -0.173. The summed E-state index contributed by atoms with van der Waals surface area (Å²) in [7, 11) is 0. The second kappa shape index (κ2) is 7.27. The molecule has 0 bridgehead atoms. The van der Waals surface area contributed by atoms with E-state index in [1.165, 1.54) is 5.57 Å². The first-order chi connectivity index (χ1) is 10.1. The molecule has 0 saturated carbocycles. The molecule has 0 spiro atoms. The zero-order valence-electron chi connectivity index (χ0n) is 14.5. The van der Waals surface area contributed by atoms with E-state index in [1.54, 1.807) is 6.92 Å². The average molecular weight is 312 g/mol. The first-order valence-electron chi connectivity index (χ1n) is 7.79. The van der Waals surface area contributed by atoms with Crippen LogP contribution in [0.2, 0.25) is 0 Å². The second-order valence-electron chi connectivity index (χ2n) is 7.02. The van der Waals surface area contributed by atoms with Crippen molar-refractivity contribution in [3.8, 4) is 0 Å². The summed E-state index contributed by atoms with van der Waals surface area (Å²) in [6, 6.07) is 0. The maximum absolute atomic E-state index is 11.4. The number of hydrogen-bond acceptors (Lipinski definition) is 5. The van der Waals surface area contributed by atoms with Crippen LogP contribution in [0.3, 0.4) is 0 Å². The molecule has 1 rings (SSSR count). The van der Waals surface area contributed by atoms with Crippen LogP contribution in [-0.2, 0) is 23.8 Å². The van der Waals surface area contributed by atoms with Crippen LogP contribution in [0.25, 0.3) is 0 Å². The summed E-state index contributed by atoms with van der Waals surface area (Å²) in [6.45, 7) is 11.9. The fraction of sp³-hybridized carbons (Fsp3) is 0.765. The number of rotatable bonds is 6. The molecular weight excluding hydrogens is 284 g/mol. The minimum atomic E-state index is -0.979. The average Bonchev–Trinajstić information content (AvgIpc) is 2.76. The zero-order chi connectivity index (χ0) is 17.0. The Kier molecular flexibility index (Phi) is 6.17. The van der Waals surface area contributed by atoms with E-state index < -0.39 is 17.5 Å². The van der Waals surface area contributed by atoms with Crippen molar-refractivity contribution in [2.75, 3.05) is 13.2 Å². The molecule has 1 aliphatic carbocycles. The van der Waals surface area contributed by atoms with Gasteiger partial charge in [0.05, 0.1) is 18.3 Å². The molecule has 126 valence electrons. The van der Waals surface area contributed by atoms with Crippen molar-refractivity contribution in [3.05, 3.63) is 11.6 Å². The van der Waals surface area contributed by atoms with Crippen molar-refractivity contribution >= 4 is 11.9 Å². The zero-order valence-corrected chi connectivity index (χ0v) is 14.5. The number of hydrogen-bond donors (Lipinski definition) is 0. The van der Waals surface area contributed by atoms with Crippen LogP contribution in [0, 0.1) is 5.41 Å². The molecule has 0 aromatic carbocycles. The van der Waals surface area contributed by atoms with Crippen LogP contribution >= 0.6 is 0 Å². The molecule has 0 saturated heterocycles. The van der Waals surface area contributed by atoms with E-state index in [2.05, 4.69) is 24.7 Å². The van der Waals surface area contributed by atoms with Gasteiger partial charge in [0.15, 0.2) is 0 Å². The highest BCUT2D eigenvalue weighted by molar-refractivity contribution is 6.29. The van der Waals surface area contributed by atoms with E-state index in [9.17, 15) is 9.59 Å². The van der Waals surface area contributed by atoms with Gasteiger partial charge in [0.25, 0.3) is 0 Å². The van der Waals surface area contributed by atoms with Crippen LogP contribution < -0.4 is 0 Å². The smallest absolute Gasteiger partial charge is 0.417 e. The van der Waals surface area contributed by atoms with E-state index in [4.69, 9.17) is 9.47 Å². The lowest BCUT2D eigenvalue weighted by atomic mass is 9.94. The Bertz CT molecular complexity index is 448. The van der Waals surface area contributed by atoms with Crippen molar-refractivity contribution in [2.24, 2.45) is 5.41 Å². The molecule has 0 radical (unpaired) electrons. The Morgan fingerprint density at radius 1 is 1.27 bits per heavy atom. The highest BCUT2D eigenvalue weighted by Gasteiger charge is 2.31. The maximum atomic E-state index is 11.4.